The van der Waals surface area contributed by atoms with Gasteiger partial charge in [0, 0.05) is 12.1 Å². The number of rotatable bonds is 6. The Bertz CT molecular complexity index is 1030. The fraction of sp³-hybridized carbons (Fsp3) is 0.300. The molecule has 1 heterocycles. The zero-order valence-corrected chi connectivity index (χ0v) is 16.4. The molecule has 2 amide bonds. The van der Waals surface area contributed by atoms with E-state index in [2.05, 4.69) is 15.5 Å². The highest BCUT2D eigenvalue weighted by Crippen LogP contribution is 2.26. The summed E-state index contributed by atoms with van der Waals surface area (Å²) in [5, 5.41) is 9.92. The zero-order chi connectivity index (χ0) is 20.3. The summed E-state index contributed by atoms with van der Waals surface area (Å²) in [6.07, 6.45) is 0.118. The molecule has 0 saturated heterocycles. The van der Waals surface area contributed by atoms with Crippen LogP contribution < -0.4 is 5.32 Å². The number of nitrogens with zero attached hydrogens (tertiary/aromatic N) is 2. The molecule has 8 heteroatoms. The summed E-state index contributed by atoms with van der Waals surface area (Å²) in [6, 6.07) is 13.0. The van der Waals surface area contributed by atoms with Gasteiger partial charge in [-0.3, -0.25) is 9.59 Å². The second-order valence-corrected chi connectivity index (χ2v) is 9.35. The van der Waals surface area contributed by atoms with Gasteiger partial charge in [-0.15, -0.1) is 5.11 Å². The van der Waals surface area contributed by atoms with E-state index in [1.807, 2.05) is 6.07 Å². The van der Waals surface area contributed by atoms with Crippen LogP contribution in [0.1, 0.15) is 41.4 Å². The van der Waals surface area contributed by atoms with Crippen LogP contribution in [-0.2, 0) is 21.1 Å². The van der Waals surface area contributed by atoms with Gasteiger partial charge in [0.05, 0.1) is 16.6 Å². The van der Waals surface area contributed by atoms with E-state index in [4.69, 9.17) is 0 Å². The Hall–Kier alpha value is -2.87. The molecule has 3 rings (SSSR count). The molecule has 1 aliphatic rings. The Labute approximate surface area is 163 Å². The van der Waals surface area contributed by atoms with E-state index in [0.29, 0.717) is 11.1 Å². The van der Waals surface area contributed by atoms with Crippen LogP contribution in [0.15, 0.2) is 63.7 Å². The normalized spacial score (nSPS) is 16.1. The maximum Gasteiger partial charge on any atom is 0.295 e. The summed E-state index contributed by atoms with van der Waals surface area (Å²) < 4.78 is 24.3. The number of benzene rings is 2. The molecule has 28 heavy (non-hydrogen) atoms. The number of hydrogen-bond donors (Lipinski definition) is 1. The SMILES string of the molecule is CC(C)S(=O)(=O)c1ccc(CC(=O)NCC2N=NC(=O)c3ccccc32)cc1. The number of hydrogen-bond acceptors (Lipinski definition) is 5. The monoisotopic (exact) mass is 399 g/mol. The molecule has 1 N–H and O–H groups in total. The third-order valence-electron chi connectivity index (χ3n) is 4.57. The molecule has 0 radical (unpaired) electrons. The highest BCUT2D eigenvalue weighted by atomic mass is 32.2. The maximum absolute atomic E-state index is 12.3. The number of fused-ring (bicyclic) bond motifs is 1. The van der Waals surface area contributed by atoms with Gasteiger partial charge in [0.15, 0.2) is 9.84 Å². The lowest BCUT2D eigenvalue weighted by Crippen LogP contribution is -2.30. The summed E-state index contributed by atoms with van der Waals surface area (Å²) in [7, 11) is -3.33. The Balaban J connectivity index is 1.61. The summed E-state index contributed by atoms with van der Waals surface area (Å²) in [5.41, 5.74) is 1.95. The topological polar surface area (TPSA) is 105 Å². The van der Waals surface area contributed by atoms with Crippen molar-refractivity contribution >= 4 is 21.7 Å². The number of carbonyl (C=O) groups is 2. The maximum atomic E-state index is 12.3. The molecular weight excluding hydrogens is 378 g/mol. The van der Waals surface area contributed by atoms with Crippen molar-refractivity contribution in [3.8, 4) is 0 Å². The van der Waals surface area contributed by atoms with Crippen molar-refractivity contribution in [2.24, 2.45) is 10.2 Å². The van der Waals surface area contributed by atoms with Crippen molar-refractivity contribution in [1.82, 2.24) is 5.32 Å². The first-order chi connectivity index (χ1) is 13.3. The summed E-state index contributed by atoms with van der Waals surface area (Å²) >= 11 is 0. The molecule has 2 aromatic rings. The molecule has 1 aliphatic heterocycles. The molecule has 1 unspecified atom stereocenters. The van der Waals surface area contributed by atoms with Crippen molar-refractivity contribution in [1.29, 1.82) is 0 Å². The Kier molecular flexibility index (Phi) is 5.69. The fourth-order valence-electron chi connectivity index (χ4n) is 2.90. The minimum Gasteiger partial charge on any atom is -0.353 e. The van der Waals surface area contributed by atoms with E-state index in [-0.39, 0.29) is 29.7 Å². The van der Waals surface area contributed by atoms with Crippen LogP contribution in [-0.4, -0.2) is 32.0 Å². The van der Waals surface area contributed by atoms with Crippen LogP contribution in [0.25, 0.3) is 0 Å². The van der Waals surface area contributed by atoms with Gasteiger partial charge < -0.3 is 5.32 Å². The van der Waals surface area contributed by atoms with Gasteiger partial charge >= 0.3 is 0 Å². The van der Waals surface area contributed by atoms with Gasteiger partial charge in [-0.05, 0) is 43.2 Å². The molecule has 146 valence electrons. The van der Waals surface area contributed by atoms with Gasteiger partial charge in [0.1, 0.15) is 6.04 Å². The molecular formula is C20H21N3O4S. The predicted octanol–water partition coefficient (Wildman–Crippen LogP) is 2.87. The van der Waals surface area contributed by atoms with Crippen molar-refractivity contribution in [3.63, 3.8) is 0 Å². The van der Waals surface area contributed by atoms with Crippen molar-refractivity contribution < 1.29 is 18.0 Å². The average molecular weight is 399 g/mol. The third-order valence-corrected chi connectivity index (χ3v) is 6.74. The first-order valence-electron chi connectivity index (χ1n) is 8.92. The van der Waals surface area contributed by atoms with Crippen LogP contribution in [0.2, 0.25) is 0 Å². The Morgan fingerprint density at radius 2 is 1.79 bits per heavy atom. The standard InChI is InChI=1S/C20H21N3O4S/c1-13(2)28(26,27)15-9-7-14(8-10-15)11-19(24)21-12-18-16-5-3-4-6-17(16)20(25)23-22-18/h3-10,13,18H,11-12H2,1-2H3,(H,21,24). The van der Waals surface area contributed by atoms with Crippen LogP contribution in [0.5, 0.6) is 0 Å². The number of nitrogens with one attached hydrogen (secondary N) is 1. The van der Waals surface area contributed by atoms with E-state index in [0.717, 1.165) is 5.56 Å². The Morgan fingerprint density at radius 1 is 1.11 bits per heavy atom. The van der Waals surface area contributed by atoms with E-state index in [1.165, 1.54) is 12.1 Å². The van der Waals surface area contributed by atoms with Crippen LogP contribution >= 0.6 is 0 Å². The van der Waals surface area contributed by atoms with Gasteiger partial charge in [-0.25, -0.2) is 8.42 Å². The lowest BCUT2D eigenvalue weighted by Gasteiger charge is -2.18. The lowest BCUT2D eigenvalue weighted by molar-refractivity contribution is -0.120. The first-order valence-corrected chi connectivity index (χ1v) is 10.5. The number of amides is 2. The summed E-state index contributed by atoms with van der Waals surface area (Å²) in [4.78, 5) is 24.3. The van der Waals surface area contributed by atoms with Gasteiger partial charge in [-0.2, -0.15) is 5.11 Å². The average Bonchev–Trinajstić information content (AvgIpc) is 2.68. The molecule has 0 spiro atoms. The van der Waals surface area contributed by atoms with E-state index >= 15 is 0 Å². The summed E-state index contributed by atoms with van der Waals surface area (Å²) in [5.74, 6) is -0.598. The molecule has 0 fully saturated rings. The molecule has 0 saturated carbocycles. The predicted molar refractivity (Wildman–Crippen MR) is 104 cm³/mol. The van der Waals surface area contributed by atoms with E-state index in [1.54, 1.807) is 44.2 Å². The van der Waals surface area contributed by atoms with Crippen LogP contribution in [0, 0.1) is 0 Å². The van der Waals surface area contributed by atoms with Crippen LogP contribution in [0.4, 0.5) is 0 Å². The number of carbonyl (C=O) groups excluding carboxylic acids is 2. The fourth-order valence-corrected chi connectivity index (χ4v) is 3.96. The first kappa shape index (κ1) is 19.9. The van der Waals surface area contributed by atoms with Gasteiger partial charge in [0.25, 0.3) is 5.91 Å². The highest BCUT2D eigenvalue weighted by molar-refractivity contribution is 7.92. The second kappa shape index (κ2) is 8.02. The summed E-state index contributed by atoms with van der Waals surface area (Å²) in [6.45, 7) is 3.49. The van der Waals surface area contributed by atoms with E-state index in [9.17, 15) is 18.0 Å². The molecule has 7 nitrogen and oxygen atoms in total. The molecule has 1 atom stereocenters. The zero-order valence-electron chi connectivity index (χ0n) is 15.6. The van der Waals surface area contributed by atoms with Gasteiger partial charge in [-0.1, -0.05) is 30.3 Å². The molecule has 0 bridgehead atoms. The smallest absolute Gasteiger partial charge is 0.295 e. The van der Waals surface area contributed by atoms with Crippen LogP contribution in [0.3, 0.4) is 0 Å². The largest absolute Gasteiger partial charge is 0.353 e. The highest BCUT2D eigenvalue weighted by Gasteiger charge is 2.24. The third kappa shape index (κ3) is 4.17. The van der Waals surface area contributed by atoms with Gasteiger partial charge in [0.2, 0.25) is 5.91 Å². The molecule has 0 aliphatic carbocycles. The van der Waals surface area contributed by atoms with Crippen molar-refractivity contribution in [2.75, 3.05) is 6.54 Å². The molecule has 2 aromatic carbocycles. The van der Waals surface area contributed by atoms with E-state index < -0.39 is 21.1 Å². The molecule has 0 aromatic heterocycles. The lowest BCUT2D eigenvalue weighted by atomic mass is 9.99. The quantitative estimate of drug-likeness (QED) is 0.806. The minimum atomic E-state index is -3.33. The Morgan fingerprint density at radius 3 is 2.46 bits per heavy atom. The number of sulfone groups is 1. The minimum absolute atomic E-state index is 0.118. The number of azo groups is 1. The van der Waals surface area contributed by atoms with Crippen molar-refractivity contribution in [2.45, 2.75) is 36.5 Å². The second-order valence-electron chi connectivity index (χ2n) is 6.84. The van der Waals surface area contributed by atoms with Crippen molar-refractivity contribution in [3.05, 3.63) is 65.2 Å².